The number of fused-ring (bicyclic) bond motifs is 3. The fourth-order valence-corrected chi connectivity index (χ4v) is 4.41. The van der Waals surface area contributed by atoms with Crippen LogP contribution in [0.5, 0.6) is 11.5 Å². The van der Waals surface area contributed by atoms with E-state index >= 15 is 0 Å². The Morgan fingerprint density at radius 1 is 1.00 bits per heavy atom. The molecule has 0 spiro atoms. The number of carbonyl (C=O) groups is 1. The third-order valence-electron chi connectivity index (χ3n) is 5.80. The summed E-state index contributed by atoms with van der Waals surface area (Å²) in [5.41, 5.74) is 4.38. The summed E-state index contributed by atoms with van der Waals surface area (Å²) in [5.74, 6) is 1.62. The minimum Gasteiger partial charge on any atom is -0.496 e. The minimum absolute atomic E-state index is 0.0720. The first-order valence-electron chi connectivity index (χ1n) is 10.5. The van der Waals surface area contributed by atoms with Gasteiger partial charge in [-0.3, -0.25) is 9.69 Å². The number of benzene rings is 2. The lowest BCUT2D eigenvalue weighted by molar-refractivity contribution is 0.104. The second kappa shape index (κ2) is 8.36. The van der Waals surface area contributed by atoms with Gasteiger partial charge in [-0.15, -0.1) is 0 Å². The Balaban J connectivity index is 1.63. The summed E-state index contributed by atoms with van der Waals surface area (Å²) < 4.78 is 11.9. The van der Waals surface area contributed by atoms with Gasteiger partial charge in [-0.05, 0) is 56.1 Å². The van der Waals surface area contributed by atoms with Crippen LogP contribution in [0.3, 0.4) is 0 Å². The lowest BCUT2D eigenvalue weighted by Gasteiger charge is -2.26. The van der Waals surface area contributed by atoms with Gasteiger partial charge in [0.15, 0.2) is 5.78 Å². The molecule has 0 saturated carbocycles. The SMILES string of the molecule is CCCc1cc(OC)c2c(c1)C(=O)c1cccc(OCCN3CCCCC3)c1-2. The van der Waals surface area contributed by atoms with Crippen LogP contribution in [0.2, 0.25) is 0 Å². The van der Waals surface area contributed by atoms with E-state index in [1.165, 1.54) is 19.3 Å². The molecule has 148 valence electrons. The molecule has 0 unspecified atom stereocenters. The predicted molar refractivity (Wildman–Crippen MR) is 112 cm³/mol. The molecule has 2 aromatic carbocycles. The van der Waals surface area contributed by atoms with Crippen LogP contribution in [-0.2, 0) is 6.42 Å². The summed E-state index contributed by atoms with van der Waals surface area (Å²) in [6, 6.07) is 9.87. The molecule has 0 atom stereocenters. The largest absolute Gasteiger partial charge is 0.496 e. The highest BCUT2D eigenvalue weighted by Gasteiger charge is 2.33. The summed E-state index contributed by atoms with van der Waals surface area (Å²) in [6.07, 6.45) is 5.86. The van der Waals surface area contributed by atoms with Crippen LogP contribution in [0.1, 0.15) is 54.1 Å². The summed E-state index contributed by atoms with van der Waals surface area (Å²) in [6.45, 7) is 6.02. The summed E-state index contributed by atoms with van der Waals surface area (Å²) in [5, 5.41) is 0. The van der Waals surface area contributed by atoms with Crippen LogP contribution in [0.15, 0.2) is 30.3 Å². The zero-order chi connectivity index (χ0) is 19.5. The zero-order valence-corrected chi connectivity index (χ0v) is 16.9. The first kappa shape index (κ1) is 19.0. The Kier molecular flexibility index (Phi) is 5.67. The molecule has 1 aliphatic heterocycles. The molecule has 0 radical (unpaired) electrons. The summed E-state index contributed by atoms with van der Waals surface area (Å²) in [7, 11) is 1.67. The highest BCUT2D eigenvalue weighted by Crippen LogP contribution is 2.47. The smallest absolute Gasteiger partial charge is 0.194 e. The van der Waals surface area contributed by atoms with Crippen molar-refractivity contribution in [3.63, 3.8) is 0 Å². The summed E-state index contributed by atoms with van der Waals surface area (Å²) >= 11 is 0. The van der Waals surface area contributed by atoms with Crippen LogP contribution in [0.25, 0.3) is 11.1 Å². The van der Waals surface area contributed by atoms with E-state index in [4.69, 9.17) is 9.47 Å². The lowest BCUT2D eigenvalue weighted by Crippen LogP contribution is -2.33. The molecular formula is C24H29NO3. The van der Waals surface area contributed by atoms with Gasteiger partial charge < -0.3 is 9.47 Å². The third kappa shape index (κ3) is 3.53. The molecule has 2 aromatic rings. The fraction of sp³-hybridized carbons (Fsp3) is 0.458. The third-order valence-corrected chi connectivity index (χ3v) is 5.80. The first-order valence-corrected chi connectivity index (χ1v) is 10.5. The lowest BCUT2D eigenvalue weighted by atomic mass is 9.99. The number of ketones is 1. The maximum Gasteiger partial charge on any atom is 0.194 e. The monoisotopic (exact) mass is 379 g/mol. The van der Waals surface area contributed by atoms with Gasteiger partial charge in [0.2, 0.25) is 0 Å². The normalized spacial score (nSPS) is 16.0. The van der Waals surface area contributed by atoms with Gasteiger partial charge in [0, 0.05) is 28.8 Å². The van der Waals surface area contributed by atoms with Crippen molar-refractivity contribution in [1.82, 2.24) is 4.90 Å². The average Bonchev–Trinajstić information content (AvgIpc) is 3.02. The Morgan fingerprint density at radius 2 is 1.79 bits per heavy atom. The van der Waals surface area contributed by atoms with Crippen molar-refractivity contribution in [2.24, 2.45) is 0 Å². The zero-order valence-electron chi connectivity index (χ0n) is 16.9. The Bertz CT molecular complexity index is 868. The maximum absolute atomic E-state index is 13.1. The van der Waals surface area contributed by atoms with Crippen molar-refractivity contribution < 1.29 is 14.3 Å². The van der Waals surface area contributed by atoms with Crippen molar-refractivity contribution in [3.05, 3.63) is 47.0 Å². The van der Waals surface area contributed by atoms with Crippen LogP contribution in [0, 0.1) is 0 Å². The van der Waals surface area contributed by atoms with E-state index in [0.717, 1.165) is 71.8 Å². The number of hydrogen-bond donors (Lipinski definition) is 0. The number of aryl methyl sites for hydroxylation is 1. The van der Waals surface area contributed by atoms with Crippen molar-refractivity contribution in [1.29, 1.82) is 0 Å². The van der Waals surface area contributed by atoms with Crippen molar-refractivity contribution in [2.45, 2.75) is 39.0 Å². The van der Waals surface area contributed by atoms with E-state index in [-0.39, 0.29) is 5.78 Å². The highest BCUT2D eigenvalue weighted by atomic mass is 16.5. The predicted octanol–water partition coefficient (Wildman–Crippen LogP) is 4.72. The molecule has 0 N–H and O–H groups in total. The van der Waals surface area contributed by atoms with Crippen LogP contribution < -0.4 is 9.47 Å². The summed E-state index contributed by atoms with van der Waals surface area (Å²) in [4.78, 5) is 15.5. The molecule has 4 heteroatoms. The molecule has 0 aromatic heterocycles. The van der Waals surface area contributed by atoms with Crippen molar-refractivity contribution in [3.8, 4) is 22.6 Å². The minimum atomic E-state index is 0.0720. The van der Waals surface area contributed by atoms with E-state index in [1.807, 2.05) is 24.3 Å². The number of likely N-dealkylation sites (tertiary alicyclic amines) is 1. The molecule has 1 aliphatic carbocycles. The number of ether oxygens (including phenoxy) is 2. The molecular weight excluding hydrogens is 350 g/mol. The second-order valence-corrected chi connectivity index (χ2v) is 7.73. The van der Waals surface area contributed by atoms with Gasteiger partial charge in [0.05, 0.1) is 7.11 Å². The molecule has 1 heterocycles. The fourth-order valence-electron chi connectivity index (χ4n) is 4.41. The molecule has 0 amide bonds. The maximum atomic E-state index is 13.1. The number of carbonyl (C=O) groups excluding carboxylic acids is 1. The van der Waals surface area contributed by atoms with Gasteiger partial charge in [-0.25, -0.2) is 0 Å². The van der Waals surface area contributed by atoms with E-state index in [0.29, 0.717) is 6.61 Å². The number of rotatable bonds is 7. The van der Waals surface area contributed by atoms with Gasteiger partial charge in [0.25, 0.3) is 0 Å². The van der Waals surface area contributed by atoms with Crippen LogP contribution in [0.4, 0.5) is 0 Å². The van der Waals surface area contributed by atoms with Crippen LogP contribution >= 0.6 is 0 Å². The quantitative estimate of drug-likeness (QED) is 0.595. The average molecular weight is 380 g/mol. The number of hydrogen-bond acceptors (Lipinski definition) is 4. The van der Waals surface area contributed by atoms with Crippen molar-refractivity contribution in [2.75, 3.05) is 33.4 Å². The van der Waals surface area contributed by atoms with Gasteiger partial charge >= 0.3 is 0 Å². The topological polar surface area (TPSA) is 38.8 Å². The van der Waals surface area contributed by atoms with Gasteiger partial charge in [0.1, 0.15) is 18.1 Å². The number of nitrogens with zero attached hydrogens (tertiary/aromatic N) is 1. The Labute approximate surface area is 167 Å². The number of methoxy groups -OCH3 is 1. The molecule has 2 aliphatic rings. The molecule has 28 heavy (non-hydrogen) atoms. The van der Waals surface area contributed by atoms with E-state index in [2.05, 4.69) is 17.9 Å². The van der Waals surface area contributed by atoms with Crippen LogP contribution in [-0.4, -0.2) is 44.0 Å². The molecule has 4 nitrogen and oxygen atoms in total. The Hall–Kier alpha value is -2.33. The Morgan fingerprint density at radius 3 is 2.54 bits per heavy atom. The molecule has 1 fully saturated rings. The van der Waals surface area contributed by atoms with E-state index in [9.17, 15) is 4.79 Å². The van der Waals surface area contributed by atoms with E-state index < -0.39 is 0 Å². The standard InChI is InChI=1S/C24H29NO3/c1-3-8-17-15-19-23(21(16-17)27-2)22-18(24(19)26)9-7-10-20(22)28-14-13-25-11-5-4-6-12-25/h7,9-10,15-16H,3-6,8,11-14H2,1-2H3. The number of piperidine rings is 1. The second-order valence-electron chi connectivity index (χ2n) is 7.73. The van der Waals surface area contributed by atoms with E-state index in [1.54, 1.807) is 7.11 Å². The first-order chi connectivity index (χ1) is 13.7. The molecule has 1 saturated heterocycles. The molecule has 4 rings (SSSR count). The van der Waals surface area contributed by atoms with Gasteiger partial charge in [-0.1, -0.05) is 31.9 Å². The molecule has 0 bridgehead atoms. The van der Waals surface area contributed by atoms with Gasteiger partial charge in [-0.2, -0.15) is 0 Å². The highest BCUT2D eigenvalue weighted by molar-refractivity contribution is 6.23. The van der Waals surface area contributed by atoms with Crippen molar-refractivity contribution >= 4 is 5.78 Å².